The van der Waals surface area contributed by atoms with Crippen LogP contribution in [-0.4, -0.2) is 14.5 Å². The zero-order valence-corrected chi connectivity index (χ0v) is 9.19. The lowest BCUT2D eigenvalue weighted by atomic mass is 10.2. The lowest BCUT2D eigenvalue weighted by Crippen LogP contribution is -1.95. The summed E-state index contributed by atoms with van der Waals surface area (Å²) in [5.74, 6) is 0.643. The van der Waals surface area contributed by atoms with E-state index in [0.717, 1.165) is 15.7 Å². The Kier molecular flexibility index (Phi) is 2.25. The fourth-order valence-corrected chi connectivity index (χ4v) is 1.57. The average molecular weight is 253 g/mol. The van der Waals surface area contributed by atoms with Gasteiger partial charge in [-0.15, -0.1) is 0 Å². The number of pyridine rings is 1. The highest BCUT2D eigenvalue weighted by Gasteiger charge is 2.07. The van der Waals surface area contributed by atoms with Crippen LogP contribution in [0.3, 0.4) is 0 Å². The summed E-state index contributed by atoms with van der Waals surface area (Å²) in [6.07, 6.45) is 5.15. The minimum atomic E-state index is 0.643. The van der Waals surface area contributed by atoms with Crippen LogP contribution in [0.1, 0.15) is 0 Å². The van der Waals surface area contributed by atoms with Crippen LogP contribution in [0, 0.1) is 0 Å². The molecule has 0 radical (unpaired) electrons. The second kappa shape index (κ2) is 3.42. The normalized spacial score (nSPS) is 10.4. The van der Waals surface area contributed by atoms with Gasteiger partial charge in [0.1, 0.15) is 11.5 Å². The molecule has 0 aliphatic heterocycles. The molecule has 2 aromatic rings. The molecule has 0 fully saturated rings. The Hall–Kier alpha value is -1.36. The third kappa shape index (κ3) is 1.50. The Morgan fingerprint density at radius 1 is 1.43 bits per heavy atom. The number of halogens is 1. The van der Waals surface area contributed by atoms with Gasteiger partial charge in [-0.25, -0.2) is 4.98 Å². The molecule has 0 aromatic carbocycles. The monoisotopic (exact) mass is 252 g/mol. The molecule has 0 saturated carbocycles. The van der Waals surface area contributed by atoms with Crippen molar-refractivity contribution in [3.8, 4) is 11.3 Å². The van der Waals surface area contributed by atoms with Gasteiger partial charge < -0.3 is 10.3 Å². The maximum absolute atomic E-state index is 5.84. The van der Waals surface area contributed by atoms with E-state index in [-0.39, 0.29) is 0 Å². The minimum absolute atomic E-state index is 0.643. The molecule has 72 valence electrons. The molecule has 2 heterocycles. The smallest absolute Gasteiger partial charge is 0.131 e. The van der Waals surface area contributed by atoms with E-state index in [2.05, 4.69) is 25.9 Å². The summed E-state index contributed by atoms with van der Waals surface area (Å²) in [6, 6.07) is 1.94. The topological polar surface area (TPSA) is 56.7 Å². The molecule has 0 amide bonds. The van der Waals surface area contributed by atoms with Gasteiger partial charge in [-0.2, -0.15) is 0 Å². The van der Waals surface area contributed by atoms with Crippen LogP contribution in [-0.2, 0) is 7.05 Å². The summed E-state index contributed by atoms with van der Waals surface area (Å²) in [5, 5.41) is 0. The molecule has 4 nitrogen and oxygen atoms in total. The third-order valence-electron chi connectivity index (χ3n) is 1.96. The summed E-state index contributed by atoms with van der Waals surface area (Å²) < 4.78 is 2.69. The lowest BCUT2D eigenvalue weighted by Gasteiger charge is -1.99. The van der Waals surface area contributed by atoms with Crippen LogP contribution < -0.4 is 5.73 Å². The van der Waals surface area contributed by atoms with Crippen molar-refractivity contribution in [2.75, 3.05) is 5.73 Å². The predicted molar refractivity (Wildman–Crippen MR) is 58.6 cm³/mol. The number of nitrogens with zero attached hydrogens (tertiary/aromatic N) is 3. The van der Waals surface area contributed by atoms with Crippen molar-refractivity contribution in [2.45, 2.75) is 0 Å². The summed E-state index contributed by atoms with van der Waals surface area (Å²) in [5.41, 5.74) is 7.52. The molecular weight excluding hydrogens is 244 g/mol. The van der Waals surface area contributed by atoms with Gasteiger partial charge in [0.05, 0.1) is 6.33 Å². The van der Waals surface area contributed by atoms with Gasteiger partial charge in [0.25, 0.3) is 0 Å². The molecule has 2 N–H and O–H groups in total. The Balaban J connectivity index is 2.55. The number of hydrogen-bond acceptors (Lipinski definition) is 3. The molecular formula is C9H9BrN4. The number of aryl methyl sites for hydroxylation is 1. The van der Waals surface area contributed by atoms with E-state index in [1.807, 2.05) is 13.1 Å². The largest absolute Gasteiger partial charge is 0.383 e. The molecule has 0 unspecified atom stereocenters. The van der Waals surface area contributed by atoms with Crippen molar-refractivity contribution in [1.29, 1.82) is 0 Å². The number of imidazole rings is 1. The fraction of sp³-hybridized carbons (Fsp3) is 0.111. The van der Waals surface area contributed by atoms with Crippen LogP contribution in [0.5, 0.6) is 0 Å². The molecule has 0 atom stereocenters. The highest BCUT2D eigenvalue weighted by atomic mass is 79.9. The van der Waals surface area contributed by atoms with Gasteiger partial charge in [0.2, 0.25) is 0 Å². The summed E-state index contributed by atoms with van der Waals surface area (Å²) in [7, 11) is 1.86. The Labute approximate surface area is 89.9 Å². The van der Waals surface area contributed by atoms with Crippen molar-refractivity contribution < 1.29 is 0 Å². The summed E-state index contributed by atoms with van der Waals surface area (Å²) in [4.78, 5) is 8.26. The molecule has 2 aromatic heterocycles. The van der Waals surface area contributed by atoms with E-state index in [1.54, 1.807) is 23.3 Å². The van der Waals surface area contributed by atoms with Crippen LogP contribution in [0.15, 0.2) is 29.3 Å². The molecule has 0 aliphatic carbocycles. The quantitative estimate of drug-likeness (QED) is 0.843. The molecule has 5 heteroatoms. The summed E-state index contributed by atoms with van der Waals surface area (Å²) >= 11 is 3.35. The number of hydrogen-bond donors (Lipinski definition) is 1. The second-order valence-corrected chi connectivity index (χ2v) is 3.90. The van der Waals surface area contributed by atoms with Crippen molar-refractivity contribution >= 4 is 21.7 Å². The van der Waals surface area contributed by atoms with Crippen molar-refractivity contribution in [1.82, 2.24) is 14.5 Å². The zero-order valence-electron chi connectivity index (χ0n) is 7.61. The first-order valence-electron chi connectivity index (χ1n) is 4.06. The molecule has 14 heavy (non-hydrogen) atoms. The van der Waals surface area contributed by atoms with Gasteiger partial charge in [0, 0.05) is 29.5 Å². The molecule has 0 spiro atoms. The van der Waals surface area contributed by atoms with E-state index in [0.29, 0.717) is 5.82 Å². The van der Waals surface area contributed by atoms with E-state index in [1.165, 1.54) is 0 Å². The van der Waals surface area contributed by atoms with Crippen molar-refractivity contribution in [3.63, 3.8) is 0 Å². The standard InChI is InChI=1S/C9H9BrN4/c1-14-5-13-8(9(14)11)6-2-7(10)4-12-3-6/h2-5H,11H2,1H3. The number of rotatable bonds is 1. The lowest BCUT2D eigenvalue weighted by molar-refractivity contribution is 0.925. The number of nitrogens with two attached hydrogens (primary N) is 1. The van der Waals surface area contributed by atoms with E-state index in [9.17, 15) is 0 Å². The first-order valence-corrected chi connectivity index (χ1v) is 4.85. The first-order chi connectivity index (χ1) is 6.68. The van der Waals surface area contributed by atoms with Crippen LogP contribution >= 0.6 is 15.9 Å². The Bertz CT molecular complexity index is 464. The highest BCUT2D eigenvalue weighted by Crippen LogP contribution is 2.24. The molecule has 0 aliphatic rings. The maximum Gasteiger partial charge on any atom is 0.131 e. The van der Waals surface area contributed by atoms with Gasteiger partial charge >= 0.3 is 0 Å². The minimum Gasteiger partial charge on any atom is -0.383 e. The maximum atomic E-state index is 5.84. The molecule has 0 saturated heterocycles. The van der Waals surface area contributed by atoms with E-state index in [4.69, 9.17) is 5.73 Å². The first kappa shape index (κ1) is 9.21. The van der Waals surface area contributed by atoms with Crippen LogP contribution in [0.4, 0.5) is 5.82 Å². The van der Waals surface area contributed by atoms with Crippen molar-refractivity contribution in [2.24, 2.45) is 7.05 Å². The van der Waals surface area contributed by atoms with Gasteiger partial charge in [-0.3, -0.25) is 4.98 Å². The van der Waals surface area contributed by atoms with Crippen LogP contribution in [0.25, 0.3) is 11.3 Å². The van der Waals surface area contributed by atoms with Gasteiger partial charge in [-0.1, -0.05) is 0 Å². The van der Waals surface area contributed by atoms with Crippen LogP contribution in [0.2, 0.25) is 0 Å². The van der Waals surface area contributed by atoms with E-state index >= 15 is 0 Å². The van der Waals surface area contributed by atoms with Gasteiger partial charge in [0.15, 0.2) is 0 Å². The summed E-state index contributed by atoms with van der Waals surface area (Å²) in [6.45, 7) is 0. The average Bonchev–Trinajstić information content (AvgIpc) is 2.48. The Morgan fingerprint density at radius 2 is 2.21 bits per heavy atom. The number of aromatic nitrogens is 3. The highest BCUT2D eigenvalue weighted by molar-refractivity contribution is 9.10. The predicted octanol–water partition coefficient (Wildman–Crippen LogP) is 1.83. The molecule has 2 rings (SSSR count). The number of anilines is 1. The number of nitrogen functional groups attached to an aromatic ring is 1. The second-order valence-electron chi connectivity index (χ2n) is 2.98. The third-order valence-corrected chi connectivity index (χ3v) is 2.39. The van der Waals surface area contributed by atoms with Crippen molar-refractivity contribution in [3.05, 3.63) is 29.3 Å². The SMILES string of the molecule is Cn1cnc(-c2cncc(Br)c2)c1N. The molecule has 0 bridgehead atoms. The van der Waals surface area contributed by atoms with Gasteiger partial charge in [-0.05, 0) is 22.0 Å². The Morgan fingerprint density at radius 3 is 2.79 bits per heavy atom. The zero-order chi connectivity index (χ0) is 10.1. The fourth-order valence-electron chi connectivity index (χ4n) is 1.20. The van der Waals surface area contributed by atoms with E-state index < -0.39 is 0 Å².